The fourth-order valence-corrected chi connectivity index (χ4v) is 2.80. The SMILES string of the molecule is CCNCc1ccc(CN(C)Cc2ccncc2)c(Br)c1. The number of halogens is 1. The molecule has 0 spiro atoms. The minimum absolute atomic E-state index is 0.919. The molecule has 0 aliphatic heterocycles. The molecule has 0 fully saturated rings. The zero-order valence-corrected chi connectivity index (χ0v) is 14.2. The maximum Gasteiger partial charge on any atom is 0.0271 e. The van der Waals surface area contributed by atoms with E-state index in [4.69, 9.17) is 0 Å². The number of nitrogens with one attached hydrogen (secondary N) is 1. The predicted octanol–water partition coefficient (Wildman–Crippen LogP) is 3.59. The number of pyridine rings is 1. The zero-order valence-electron chi connectivity index (χ0n) is 12.6. The molecule has 2 rings (SSSR count). The molecule has 0 unspecified atom stereocenters. The summed E-state index contributed by atoms with van der Waals surface area (Å²) in [4.78, 5) is 6.36. The maximum atomic E-state index is 4.05. The highest BCUT2D eigenvalue weighted by molar-refractivity contribution is 9.10. The number of nitrogens with zero attached hydrogens (tertiary/aromatic N) is 2. The largest absolute Gasteiger partial charge is 0.313 e. The van der Waals surface area contributed by atoms with Gasteiger partial charge in [0.2, 0.25) is 0 Å². The molecule has 2 aromatic rings. The molecule has 1 aromatic carbocycles. The first-order valence-corrected chi connectivity index (χ1v) is 8.03. The number of benzene rings is 1. The minimum Gasteiger partial charge on any atom is -0.313 e. The van der Waals surface area contributed by atoms with E-state index in [0.29, 0.717) is 0 Å². The van der Waals surface area contributed by atoms with Gasteiger partial charge in [0, 0.05) is 36.5 Å². The molecule has 1 N–H and O–H groups in total. The van der Waals surface area contributed by atoms with Gasteiger partial charge in [0.05, 0.1) is 0 Å². The summed E-state index contributed by atoms with van der Waals surface area (Å²) in [6, 6.07) is 10.7. The van der Waals surface area contributed by atoms with Crippen LogP contribution in [0.4, 0.5) is 0 Å². The van der Waals surface area contributed by atoms with E-state index in [9.17, 15) is 0 Å². The van der Waals surface area contributed by atoms with Gasteiger partial charge in [-0.25, -0.2) is 0 Å². The van der Waals surface area contributed by atoms with E-state index in [-0.39, 0.29) is 0 Å². The molecule has 0 radical (unpaired) electrons. The second-order valence-corrected chi connectivity index (χ2v) is 6.09. The van der Waals surface area contributed by atoms with Crippen LogP contribution in [0.25, 0.3) is 0 Å². The average molecular weight is 348 g/mol. The Bertz CT molecular complexity index is 557. The highest BCUT2D eigenvalue weighted by Gasteiger charge is 2.06. The Labute approximate surface area is 135 Å². The summed E-state index contributed by atoms with van der Waals surface area (Å²) >= 11 is 3.69. The van der Waals surface area contributed by atoms with Crippen LogP contribution in [-0.2, 0) is 19.6 Å². The van der Waals surface area contributed by atoms with Gasteiger partial charge < -0.3 is 5.32 Å². The number of hydrogen-bond donors (Lipinski definition) is 1. The Morgan fingerprint density at radius 3 is 2.52 bits per heavy atom. The zero-order chi connectivity index (χ0) is 15.1. The molecule has 21 heavy (non-hydrogen) atoms. The molecule has 0 saturated carbocycles. The molecule has 0 saturated heterocycles. The van der Waals surface area contributed by atoms with E-state index < -0.39 is 0 Å². The fraction of sp³-hybridized carbons (Fsp3) is 0.353. The Morgan fingerprint density at radius 2 is 1.86 bits per heavy atom. The lowest BCUT2D eigenvalue weighted by Gasteiger charge is -2.18. The number of aromatic nitrogens is 1. The van der Waals surface area contributed by atoms with Crippen LogP contribution in [0.15, 0.2) is 47.2 Å². The second kappa shape index (κ2) is 8.27. The molecule has 0 aliphatic rings. The number of hydrogen-bond acceptors (Lipinski definition) is 3. The highest BCUT2D eigenvalue weighted by atomic mass is 79.9. The lowest BCUT2D eigenvalue weighted by atomic mass is 10.1. The van der Waals surface area contributed by atoms with Gasteiger partial charge in [0.15, 0.2) is 0 Å². The average Bonchev–Trinajstić information content (AvgIpc) is 2.48. The van der Waals surface area contributed by atoms with Crippen molar-refractivity contribution in [2.75, 3.05) is 13.6 Å². The van der Waals surface area contributed by atoms with Crippen molar-refractivity contribution in [3.63, 3.8) is 0 Å². The molecule has 112 valence electrons. The van der Waals surface area contributed by atoms with Crippen LogP contribution in [0, 0.1) is 0 Å². The maximum absolute atomic E-state index is 4.05. The Kier molecular flexibility index (Phi) is 6.36. The first-order valence-electron chi connectivity index (χ1n) is 7.24. The van der Waals surface area contributed by atoms with Gasteiger partial charge in [-0.05, 0) is 48.5 Å². The summed E-state index contributed by atoms with van der Waals surface area (Å²) in [6.07, 6.45) is 3.68. The molecular weight excluding hydrogens is 326 g/mol. The Morgan fingerprint density at radius 1 is 1.10 bits per heavy atom. The molecule has 3 nitrogen and oxygen atoms in total. The first-order chi connectivity index (χ1) is 10.2. The third-order valence-electron chi connectivity index (χ3n) is 3.34. The van der Waals surface area contributed by atoms with Crippen molar-refractivity contribution in [2.24, 2.45) is 0 Å². The minimum atomic E-state index is 0.919. The summed E-state index contributed by atoms with van der Waals surface area (Å²) in [6.45, 7) is 5.88. The van der Waals surface area contributed by atoms with Crippen LogP contribution in [-0.4, -0.2) is 23.5 Å². The molecule has 4 heteroatoms. The summed E-state index contributed by atoms with van der Waals surface area (Å²) < 4.78 is 1.18. The third-order valence-corrected chi connectivity index (χ3v) is 4.08. The van der Waals surface area contributed by atoms with E-state index in [1.165, 1.54) is 21.2 Å². The fourth-order valence-electron chi connectivity index (χ4n) is 2.24. The van der Waals surface area contributed by atoms with Crippen molar-refractivity contribution < 1.29 is 0 Å². The van der Waals surface area contributed by atoms with E-state index in [1.807, 2.05) is 12.4 Å². The lowest BCUT2D eigenvalue weighted by Crippen LogP contribution is -2.17. The van der Waals surface area contributed by atoms with Gasteiger partial charge in [-0.1, -0.05) is 35.0 Å². The molecule has 1 aromatic heterocycles. The van der Waals surface area contributed by atoms with Crippen LogP contribution >= 0.6 is 15.9 Å². The van der Waals surface area contributed by atoms with Crippen LogP contribution in [0.3, 0.4) is 0 Å². The first kappa shape index (κ1) is 16.1. The van der Waals surface area contributed by atoms with Crippen molar-refractivity contribution in [3.05, 3.63) is 63.9 Å². The second-order valence-electron chi connectivity index (χ2n) is 5.23. The van der Waals surface area contributed by atoms with Gasteiger partial charge in [0.25, 0.3) is 0 Å². The van der Waals surface area contributed by atoms with Crippen molar-refractivity contribution in [3.8, 4) is 0 Å². The summed E-state index contributed by atoms with van der Waals surface area (Å²) in [5.74, 6) is 0. The normalized spacial score (nSPS) is 11.0. The van der Waals surface area contributed by atoms with Crippen LogP contribution < -0.4 is 5.32 Å². The smallest absolute Gasteiger partial charge is 0.0271 e. The monoisotopic (exact) mass is 347 g/mol. The molecular formula is C17H22BrN3. The van der Waals surface area contributed by atoms with Gasteiger partial charge in [0.1, 0.15) is 0 Å². The quantitative estimate of drug-likeness (QED) is 0.829. The van der Waals surface area contributed by atoms with E-state index in [2.05, 4.69) is 75.4 Å². The molecule has 0 amide bonds. The summed E-state index contributed by atoms with van der Waals surface area (Å²) in [7, 11) is 2.14. The van der Waals surface area contributed by atoms with Crippen LogP contribution in [0.5, 0.6) is 0 Å². The van der Waals surface area contributed by atoms with Crippen molar-refractivity contribution in [2.45, 2.75) is 26.6 Å². The molecule has 0 bridgehead atoms. The third kappa shape index (κ3) is 5.23. The predicted molar refractivity (Wildman–Crippen MR) is 90.9 cm³/mol. The molecule has 0 atom stereocenters. The summed E-state index contributed by atoms with van der Waals surface area (Å²) in [5.41, 5.74) is 3.91. The van der Waals surface area contributed by atoms with Gasteiger partial charge >= 0.3 is 0 Å². The van der Waals surface area contributed by atoms with Crippen LogP contribution in [0.2, 0.25) is 0 Å². The van der Waals surface area contributed by atoms with Crippen molar-refractivity contribution >= 4 is 15.9 Å². The van der Waals surface area contributed by atoms with Gasteiger partial charge in [-0.3, -0.25) is 9.88 Å². The Hall–Kier alpha value is -1.23. The molecule has 0 aliphatic carbocycles. The molecule has 1 heterocycles. The van der Waals surface area contributed by atoms with Crippen LogP contribution in [0.1, 0.15) is 23.6 Å². The summed E-state index contributed by atoms with van der Waals surface area (Å²) in [5, 5.41) is 3.35. The van der Waals surface area contributed by atoms with Crippen molar-refractivity contribution in [1.29, 1.82) is 0 Å². The Balaban J connectivity index is 1.95. The van der Waals surface area contributed by atoms with Gasteiger partial charge in [-0.15, -0.1) is 0 Å². The number of rotatable bonds is 7. The highest BCUT2D eigenvalue weighted by Crippen LogP contribution is 2.20. The van der Waals surface area contributed by atoms with E-state index in [1.54, 1.807) is 0 Å². The standard InChI is InChI=1S/C17H22BrN3/c1-3-19-11-15-4-5-16(17(18)10-15)13-21(2)12-14-6-8-20-9-7-14/h4-10,19H,3,11-13H2,1-2H3. The van der Waals surface area contributed by atoms with Gasteiger partial charge in [-0.2, -0.15) is 0 Å². The van der Waals surface area contributed by atoms with Crippen molar-refractivity contribution in [1.82, 2.24) is 15.2 Å². The van der Waals surface area contributed by atoms with E-state index >= 15 is 0 Å². The van der Waals surface area contributed by atoms with E-state index in [0.717, 1.165) is 26.2 Å². The lowest BCUT2D eigenvalue weighted by molar-refractivity contribution is 0.318. The topological polar surface area (TPSA) is 28.2 Å².